The molecule has 0 amide bonds. The highest BCUT2D eigenvalue weighted by atomic mass is 32.1. The summed E-state index contributed by atoms with van der Waals surface area (Å²) in [6.07, 6.45) is 1.73. The Kier molecular flexibility index (Phi) is 8.01. The molecular weight excluding hydrogens is 805 g/mol. The van der Waals surface area contributed by atoms with Crippen LogP contribution in [0.25, 0.3) is 108 Å². The molecule has 0 bridgehead atoms. The second-order valence-electron chi connectivity index (χ2n) is 16.1. The van der Waals surface area contributed by atoms with Gasteiger partial charge in [-0.3, -0.25) is 9.56 Å². The number of thiophene rings is 1. The predicted molar refractivity (Wildman–Crippen MR) is 270 cm³/mol. The van der Waals surface area contributed by atoms with Crippen LogP contribution in [0.1, 0.15) is 5.56 Å². The number of fused-ring (bicyclic) bond motifs is 13. The molecule has 0 spiro atoms. The average molecular weight is 841 g/mol. The third-order valence-electron chi connectivity index (χ3n) is 12.7. The molecule has 13 rings (SSSR count). The molecular formula is C56H36N6OS. The van der Waals surface area contributed by atoms with Gasteiger partial charge in [-0.15, -0.1) is 11.3 Å². The Morgan fingerprint density at radius 1 is 0.500 bits per heavy atom. The molecule has 0 aliphatic rings. The summed E-state index contributed by atoms with van der Waals surface area (Å²) in [4.78, 5) is 14.8. The molecule has 0 fully saturated rings. The Balaban J connectivity index is 1.09. The lowest BCUT2D eigenvalue weighted by molar-refractivity contribution is 0.582. The first-order chi connectivity index (χ1) is 31.7. The number of furan rings is 1. The minimum Gasteiger partial charge on any atom is -0.464 e. The average Bonchev–Trinajstić information content (AvgIpc) is 4.19. The van der Waals surface area contributed by atoms with Gasteiger partial charge in [0.05, 0.1) is 39.4 Å². The summed E-state index contributed by atoms with van der Waals surface area (Å²) in [6, 6.07) is 64.7. The summed E-state index contributed by atoms with van der Waals surface area (Å²) in [5, 5.41) is 9.18. The van der Waals surface area contributed by atoms with E-state index in [-0.39, 0.29) is 0 Å². The van der Waals surface area contributed by atoms with Crippen LogP contribution in [0.3, 0.4) is 0 Å². The second-order valence-corrected chi connectivity index (χ2v) is 17.2. The zero-order valence-corrected chi connectivity index (χ0v) is 35.4. The molecule has 0 unspecified atom stereocenters. The van der Waals surface area contributed by atoms with E-state index >= 15 is 0 Å². The van der Waals surface area contributed by atoms with E-state index < -0.39 is 0 Å². The molecule has 0 atom stereocenters. The lowest BCUT2D eigenvalue weighted by Gasteiger charge is -2.13. The maximum Gasteiger partial charge on any atom is 0.231 e. The van der Waals surface area contributed by atoms with Crippen LogP contribution in [-0.4, -0.2) is 39.3 Å². The minimum atomic E-state index is 0.505. The Labute approximate surface area is 370 Å². The highest BCUT2D eigenvalue weighted by molar-refractivity contribution is 7.25. The van der Waals surface area contributed by atoms with Gasteiger partial charge in [0, 0.05) is 82.0 Å². The SMILES string of the molecule is C=N/C(=N\C(=N/C)n1c2ccccc2c2ccc3c4ccccc4n(-c4ccc5c(c4)c4cc(-c6ccco6)ccc4n5-c4ccccc4)c3c21)c1ccc2sc3ccccc3c2c1. The molecule has 64 heavy (non-hydrogen) atoms. The number of hydrogen-bond acceptors (Lipinski definition) is 3. The van der Waals surface area contributed by atoms with E-state index in [1.807, 2.05) is 12.1 Å². The number of hydrogen-bond donors (Lipinski definition) is 0. The molecule has 0 aliphatic carbocycles. The van der Waals surface area contributed by atoms with Crippen LogP contribution in [-0.2, 0) is 0 Å². The van der Waals surface area contributed by atoms with Gasteiger partial charge >= 0.3 is 0 Å². The Hall–Kier alpha value is -8.33. The topological polar surface area (TPSA) is 65.0 Å². The number of rotatable bonds is 4. The van der Waals surface area contributed by atoms with E-state index in [9.17, 15) is 0 Å². The zero-order chi connectivity index (χ0) is 42.5. The first kappa shape index (κ1) is 36.3. The van der Waals surface area contributed by atoms with Crippen molar-refractivity contribution in [2.75, 3.05) is 7.05 Å². The first-order valence-corrected chi connectivity index (χ1v) is 22.1. The highest BCUT2D eigenvalue weighted by Crippen LogP contribution is 2.43. The van der Waals surface area contributed by atoms with Crippen LogP contribution in [0.15, 0.2) is 208 Å². The van der Waals surface area contributed by atoms with Crippen LogP contribution in [0.5, 0.6) is 0 Å². The van der Waals surface area contributed by atoms with E-state index in [4.69, 9.17) is 14.4 Å². The van der Waals surface area contributed by atoms with Crippen LogP contribution in [0.2, 0.25) is 0 Å². The molecule has 0 N–H and O–H groups in total. The monoisotopic (exact) mass is 840 g/mol. The van der Waals surface area contributed by atoms with Crippen LogP contribution >= 0.6 is 11.3 Å². The van der Waals surface area contributed by atoms with Gasteiger partial charge < -0.3 is 13.6 Å². The van der Waals surface area contributed by atoms with E-state index in [0.717, 1.165) is 93.7 Å². The Bertz CT molecular complexity index is 4100. The van der Waals surface area contributed by atoms with Gasteiger partial charge in [-0.1, -0.05) is 84.9 Å². The molecule has 0 saturated carbocycles. The van der Waals surface area contributed by atoms with Crippen LogP contribution in [0, 0.1) is 0 Å². The summed E-state index contributed by atoms with van der Waals surface area (Å²) in [7, 11) is 1.80. The fraction of sp³-hybridized carbons (Fsp3) is 0.0179. The third-order valence-corrected chi connectivity index (χ3v) is 13.8. The van der Waals surface area contributed by atoms with Gasteiger partial charge in [0.25, 0.3) is 0 Å². The quantitative estimate of drug-likeness (QED) is 0.129. The first-order valence-electron chi connectivity index (χ1n) is 21.2. The molecule has 5 heterocycles. The molecule has 7 nitrogen and oxygen atoms in total. The maximum atomic E-state index is 5.90. The second kappa shape index (κ2) is 14.1. The van der Waals surface area contributed by atoms with Crippen molar-refractivity contribution in [1.82, 2.24) is 13.7 Å². The lowest BCUT2D eigenvalue weighted by atomic mass is 10.1. The predicted octanol–water partition coefficient (Wildman–Crippen LogP) is 14.6. The summed E-state index contributed by atoms with van der Waals surface area (Å²) in [5.41, 5.74) is 10.5. The number of aliphatic imine (C=N–C) groups is 3. The summed E-state index contributed by atoms with van der Waals surface area (Å²) < 4.78 is 15.4. The van der Waals surface area contributed by atoms with Crippen molar-refractivity contribution in [3.63, 3.8) is 0 Å². The summed E-state index contributed by atoms with van der Waals surface area (Å²) in [5.74, 6) is 1.85. The van der Waals surface area contributed by atoms with Gasteiger partial charge in [-0.05, 0) is 104 Å². The highest BCUT2D eigenvalue weighted by Gasteiger charge is 2.24. The lowest BCUT2D eigenvalue weighted by Crippen LogP contribution is -2.13. The minimum absolute atomic E-state index is 0.505. The van der Waals surface area contributed by atoms with E-state index in [0.29, 0.717) is 11.8 Å². The van der Waals surface area contributed by atoms with Crippen LogP contribution < -0.4 is 0 Å². The van der Waals surface area contributed by atoms with Crippen molar-refractivity contribution in [1.29, 1.82) is 0 Å². The Morgan fingerprint density at radius 2 is 1.17 bits per heavy atom. The van der Waals surface area contributed by atoms with Crippen molar-refractivity contribution >= 4 is 115 Å². The van der Waals surface area contributed by atoms with Crippen molar-refractivity contribution < 1.29 is 4.42 Å². The Morgan fingerprint density at radius 3 is 1.95 bits per heavy atom. The molecule has 302 valence electrons. The number of aromatic nitrogens is 3. The smallest absolute Gasteiger partial charge is 0.231 e. The number of nitrogens with zero attached hydrogens (tertiary/aromatic N) is 6. The van der Waals surface area contributed by atoms with Gasteiger partial charge in [0.15, 0.2) is 5.84 Å². The van der Waals surface area contributed by atoms with Crippen molar-refractivity contribution in [3.05, 3.63) is 194 Å². The molecule has 5 aromatic heterocycles. The number of para-hydroxylation sites is 3. The molecule has 0 aliphatic heterocycles. The normalized spacial score (nSPS) is 12.7. The van der Waals surface area contributed by atoms with Crippen molar-refractivity contribution in [3.8, 4) is 22.7 Å². The maximum absolute atomic E-state index is 5.90. The largest absolute Gasteiger partial charge is 0.464 e. The number of amidine groups is 1. The molecule has 0 radical (unpaired) electrons. The van der Waals surface area contributed by atoms with Crippen molar-refractivity contribution in [2.45, 2.75) is 0 Å². The van der Waals surface area contributed by atoms with E-state index in [1.54, 1.807) is 24.6 Å². The fourth-order valence-electron chi connectivity index (χ4n) is 9.93. The van der Waals surface area contributed by atoms with Gasteiger partial charge in [-0.2, -0.15) is 4.99 Å². The summed E-state index contributed by atoms with van der Waals surface area (Å²) >= 11 is 1.79. The van der Waals surface area contributed by atoms with Gasteiger partial charge in [0.1, 0.15) is 5.76 Å². The zero-order valence-electron chi connectivity index (χ0n) is 34.6. The molecule has 0 saturated heterocycles. The molecule has 8 heteroatoms. The fourth-order valence-corrected chi connectivity index (χ4v) is 11.0. The van der Waals surface area contributed by atoms with E-state index in [1.165, 1.54) is 20.2 Å². The van der Waals surface area contributed by atoms with Gasteiger partial charge in [-0.25, -0.2) is 4.99 Å². The molecule has 13 aromatic rings. The van der Waals surface area contributed by atoms with Crippen molar-refractivity contribution in [2.24, 2.45) is 15.0 Å². The van der Waals surface area contributed by atoms with Crippen LogP contribution in [0.4, 0.5) is 0 Å². The standard InChI is InChI=1S/C56H36N6OS/c1-57-55(35-23-29-52-45(32-35)40-17-8-11-21-51(40)64-52)59-56(58-2)62-47-19-10-7-16-39(47)42-26-25-41-38-15-6-9-18-46(38)61(53(41)54(42)62)37-24-28-49-44(33-37)43-31-34(50-20-12-30-63-50)22-27-48(43)60(49)36-13-4-3-5-14-36/h3-33H,1H2,2H3/b58-56+,59-55-. The van der Waals surface area contributed by atoms with Gasteiger partial charge in [0.2, 0.25) is 5.96 Å². The third kappa shape index (κ3) is 5.30. The molecule has 8 aromatic carbocycles. The van der Waals surface area contributed by atoms with E-state index in [2.05, 4.69) is 195 Å². The number of benzene rings is 8. The summed E-state index contributed by atoms with van der Waals surface area (Å²) in [6.45, 7) is 4.03.